The third-order valence-electron chi connectivity index (χ3n) is 4.35. The number of hydrogen-bond acceptors (Lipinski definition) is 5. The van der Waals surface area contributed by atoms with Crippen LogP contribution in [0.25, 0.3) is 5.82 Å². The van der Waals surface area contributed by atoms with Crippen LogP contribution in [0.4, 0.5) is 4.39 Å². The van der Waals surface area contributed by atoms with Crippen LogP contribution in [0, 0.1) is 5.82 Å². The summed E-state index contributed by atoms with van der Waals surface area (Å²) in [7, 11) is -3.24. The molecule has 0 amide bonds. The van der Waals surface area contributed by atoms with Gasteiger partial charge in [-0.1, -0.05) is 6.07 Å². The minimum absolute atomic E-state index is 0.148. The van der Waals surface area contributed by atoms with Gasteiger partial charge >= 0.3 is 0 Å². The molecule has 0 atom stereocenters. The number of aliphatic imine (C=N–C) groups is 1. The van der Waals surface area contributed by atoms with Crippen LogP contribution in [0.15, 0.2) is 60.0 Å². The van der Waals surface area contributed by atoms with Crippen molar-refractivity contribution in [1.82, 2.24) is 25.4 Å². The van der Waals surface area contributed by atoms with E-state index < -0.39 is 15.7 Å². The summed E-state index contributed by atoms with van der Waals surface area (Å²) in [6, 6.07) is 9.71. The fraction of sp³-hybridized carbons (Fsp3) is 0.286. The molecule has 0 aliphatic carbocycles. The fourth-order valence-corrected chi connectivity index (χ4v) is 3.81. The minimum atomic E-state index is -3.24. The molecule has 0 unspecified atom stereocenters. The summed E-state index contributed by atoms with van der Waals surface area (Å²) < 4.78 is 38.8. The van der Waals surface area contributed by atoms with Crippen molar-refractivity contribution >= 4 is 15.8 Å². The Labute approximate surface area is 181 Å². The lowest BCUT2D eigenvalue weighted by atomic mass is 10.1. The largest absolute Gasteiger partial charge is 0.357 e. The molecule has 0 bridgehead atoms. The minimum Gasteiger partial charge on any atom is -0.357 e. The highest BCUT2D eigenvalue weighted by Crippen LogP contribution is 2.14. The average molecular weight is 445 g/mol. The van der Waals surface area contributed by atoms with Gasteiger partial charge in [-0.15, -0.1) is 0 Å². The van der Waals surface area contributed by atoms with E-state index in [-0.39, 0.29) is 12.3 Å². The van der Waals surface area contributed by atoms with Gasteiger partial charge in [0.05, 0.1) is 12.3 Å². The van der Waals surface area contributed by atoms with Gasteiger partial charge in [0.25, 0.3) is 0 Å². The molecule has 0 fully saturated rings. The van der Waals surface area contributed by atoms with Crippen LogP contribution in [-0.2, 0) is 28.7 Å². The van der Waals surface area contributed by atoms with E-state index in [0.717, 1.165) is 11.8 Å². The number of nitrogens with one attached hydrogen (secondary N) is 2. The van der Waals surface area contributed by atoms with Crippen LogP contribution in [0.1, 0.15) is 23.6 Å². The molecular weight excluding hydrogens is 419 g/mol. The van der Waals surface area contributed by atoms with Gasteiger partial charge in [0.1, 0.15) is 5.82 Å². The molecule has 0 saturated heterocycles. The van der Waals surface area contributed by atoms with Gasteiger partial charge in [-0.05, 0) is 53.9 Å². The molecule has 3 rings (SSSR count). The van der Waals surface area contributed by atoms with E-state index in [1.165, 1.54) is 18.2 Å². The van der Waals surface area contributed by atoms with E-state index in [1.54, 1.807) is 17.1 Å². The van der Waals surface area contributed by atoms with Crippen molar-refractivity contribution in [3.63, 3.8) is 0 Å². The third kappa shape index (κ3) is 6.88. The fourth-order valence-electron chi connectivity index (χ4n) is 2.96. The molecule has 2 N–H and O–H groups in total. The Bertz CT molecular complexity index is 1150. The summed E-state index contributed by atoms with van der Waals surface area (Å²) in [5.74, 6) is 0.667. The Hall–Kier alpha value is -3.27. The normalized spacial score (nSPS) is 12.0. The first-order chi connectivity index (χ1) is 14.8. The van der Waals surface area contributed by atoms with Crippen molar-refractivity contribution in [2.75, 3.05) is 12.8 Å². The molecule has 0 aliphatic rings. The van der Waals surface area contributed by atoms with E-state index >= 15 is 0 Å². The second kappa shape index (κ2) is 10.2. The van der Waals surface area contributed by atoms with E-state index in [0.29, 0.717) is 36.0 Å². The highest BCUT2D eigenvalue weighted by Gasteiger charge is 2.11. The van der Waals surface area contributed by atoms with Crippen molar-refractivity contribution in [2.45, 2.75) is 25.8 Å². The lowest BCUT2D eigenvalue weighted by molar-refractivity contribution is 0.599. The summed E-state index contributed by atoms with van der Waals surface area (Å²) in [4.78, 5) is 8.88. The number of aromatic nitrogens is 3. The molecule has 0 aliphatic heterocycles. The Morgan fingerprint density at radius 3 is 2.71 bits per heavy atom. The van der Waals surface area contributed by atoms with Crippen molar-refractivity contribution < 1.29 is 12.8 Å². The third-order valence-corrected chi connectivity index (χ3v) is 5.18. The SMILES string of the molecule is CCNC(=NCc1ccnc(-n2cccn2)c1)NCc1cc(F)ccc1CS(C)(=O)=O. The van der Waals surface area contributed by atoms with Crippen molar-refractivity contribution in [1.29, 1.82) is 0 Å². The number of halogens is 1. The second-order valence-corrected chi connectivity index (χ2v) is 9.14. The summed E-state index contributed by atoms with van der Waals surface area (Å²) >= 11 is 0. The second-order valence-electron chi connectivity index (χ2n) is 7.00. The Kier molecular flexibility index (Phi) is 7.35. The topological polar surface area (TPSA) is 101 Å². The van der Waals surface area contributed by atoms with Gasteiger partial charge in [0.15, 0.2) is 21.6 Å². The maximum atomic E-state index is 13.7. The van der Waals surface area contributed by atoms with Gasteiger partial charge in [0.2, 0.25) is 0 Å². The lowest BCUT2D eigenvalue weighted by Crippen LogP contribution is -2.37. The highest BCUT2D eigenvalue weighted by atomic mass is 32.2. The molecule has 10 heteroatoms. The standard InChI is InChI=1S/C21H25FN6O2S/c1-3-23-21(25-13-16-7-9-24-20(11-16)28-10-4-8-27-28)26-14-18-12-19(22)6-5-17(18)15-31(2,29)30/h4-12H,3,13-15H2,1-2H3,(H2,23,25,26). The zero-order valence-corrected chi connectivity index (χ0v) is 18.2. The first kappa shape index (κ1) is 22.4. The quantitative estimate of drug-likeness (QED) is 0.408. The molecule has 31 heavy (non-hydrogen) atoms. The smallest absolute Gasteiger partial charge is 0.191 e. The summed E-state index contributed by atoms with van der Waals surface area (Å²) in [5, 5.41) is 10.5. The highest BCUT2D eigenvalue weighted by molar-refractivity contribution is 7.89. The molecule has 1 aromatic carbocycles. The Morgan fingerprint density at radius 1 is 1.16 bits per heavy atom. The van der Waals surface area contributed by atoms with Crippen LogP contribution in [0.2, 0.25) is 0 Å². The molecule has 8 nitrogen and oxygen atoms in total. The number of guanidine groups is 1. The monoisotopic (exact) mass is 444 g/mol. The maximum Gasteiger partial charge on any atom is 0.191 e. The predicted molar refractivity (Wildman–Crippen MR) is 118 cm³/mol. The molecule has 0 spiro atoms. The number of benzene rings is 1. The Morgan fingerprint density at radius 2 is 2.00 bits per heavy atom. The van der Waals surface area contributed by atoms with Gasteiger partial charge in [-0.25, -0.2) is 27.5 Å². The molecule has 164 valence electrons. The summed E-state index contributed by atoms with van der Waals surface area (Å²) in [5.41, 5.74) is 2.08. The molecular formula is C21H25FN6O2S. The van der Waals surface area contributed by atoms with Gasteiger partial charge in [0, 0.05) is 37.9 Å². The average Bonchev–Trinajstić information content (AvgIpc) is 3.26. The van der Waals surface area contributed by atoms with Gasteiger partial charge in [-0.3, -0.25) is 0 Å². The first-order valence-electron chi connectivity index (χ1n) is 9.76. The van der Waals surface area contributed by atoms with Crippen LogP contribution in [0.5, 0.6) is 0 Å². The zero-order valence-electron chi connectivity index (χ0n) is 17.4. The lowest BCUT2D eigenvalue weighted by Gasteiger charge is -2.14. The van der Waals surface area contributed by atoms with Crippen LogP contribution >= 0.6 is 0 Å². The van der Waals surface area contributed by atoms with E-state index in [9.17, 15) is 12.8 Å². The Balaban J connectivity index is 1.73. The number of hydrogen-bond donors (Lipinski definition) is 2. The number of sulfone groups is 1. The molecule has 0 saturated carbocycles. The van der Waals surface area contributed by atoms with Crippen LogP contribution in [-0.4, -0.2) is 41.9 Å². The van der Waals surface area contributed by atoms with Crippen LogP contribution < -0.4 is 10.6 Å². The van der Waals surface area contributed by atoms with E-state index in [1.807, 2.05) is 31.3 Å². The first-order valence-corrected chi connectivity index (χ1v) is 11.8. The maximum absolute atomic E-state index is 13.7. The van der Waals surface area contributed by atoms with Crippen molar-refractivity contribution in [3.05, 3.63) is 77.5 Å². The van der Waals surface area contributed by atoms with Crippen molar-refractivity contribution in [3.8, 4) is 5.82 Å². The molecule has 0 radical (unpaired) electrons. The van der Waals surface area contributed by atoms with E-state index in [2.05, 4.69) is 25.7 Å². The van der Waals surface area contributed by atoms with Gasteiger partial charge < -0.3 is 10.6 Å². The number of pyridine rings is 1. The molecule has 2 heterocycles. The molecule has 2 aromatic heterocycles. The number of rotatable bonds is 8. The summed E-state index contributed by atoms with van der Waals surface area (Å²) in [6.07, 6.45) is 6.36. The van der Waals surface area contributed by atoms with Gasteiger partial charge in [-0.2, -0.15) is 5.10 Å². The summed E-state index contributed by atoms with van der Waals surface area (Å²) in [6.45, 7) is 3.21. The van der Waals surface area contributed by atoms with E-state index in [4.69, 9.17) is 0 Å². The zero-order chi connectivity index (χ0) is 22.3. The van der Waals surface area contributed by atoms with Crippen molar-refractivity contribution in [2.24, 2.45) is 4.99 Å². The predicted octanol–water partition coefficient (Wildman–Crippen LogP) is 2.21. The number of nitrogens with zero attached hydrogens (tertiary/aromatic N) is 4. The molecule has 3 aromatic rings. The van der Waals surface area contributed by atoms with Crippen LogP contribution in [0.3, 0.4) is 0 Å².